The molecule has 1 aromatic carbocycles. The summed E-state index contributed by atoms with van der Waals surface area (Å²) in [6.07, 6.45) is 9.86. The van der Waals surface area contributed by atoms with Crippen LogP contribution in [0.3, 0.4) is 0 Å². The molecule has 0 spiro atoms. The van der Waals surface area contributed by atoms with Crippen molar-refractivity contribution in [1.82, 2.24) is 0 Å². The SMILES string of the molecule is CCCCCCCOc1ccc2c(c1)CC[C@H](C(C)(C)N)C2. The molecular formula is C20H33NO. The van der Waals surface area contributed by atoms with Gasteiger partial charge >= 0.3 is 0 Å². The van der Waals surface area contributed by atoms with Crippen LogP contribution in [0.5, 0.6) is 5.75 Å². The largest absolute Gasteiger partial charge is 0.494 e. The van der Waals surface area contributed by atoms with E-state index in [1.807, 2.05) is 0 Å². The maximum atomic E-state index is 6.29. The van der Waals surface area contributed by atoms with E-state index in [9.17, 15) is 0 Å². The number of ether oxygens (including phenoxy) is 1. The third-order valence-corrected chi connectivity index (χ3v) is 4.97. The molecule has 0 bridgehead atoms. The molecule has 22 heavy (non-hydrogen) atoms. The number of nitrogens with two attached hydrogens (primary N) is 1. The minimum absolute atomic E-state index is 0.0780. The van der Waals surface area contributed by atoms with E-state index in [-0.39, 0.29) is 5.54 Å². The van der Waals surface area contributed by atoms with Gasteiger partial charge in [0, 0.05) is 5.54 Å². The summed E-state index contributed by atoms with van der Waals surface area (Å²) in [7, 11) is 0. The molecule has 2 nitrogen and oxygen atoms in total. The molecule has 124 valence electrons. The van der Waals surface area contributed by atoms with Gasteiger partial charge in [-0.2, -0.15) is 0 Å². The molecule has 1 atom stereocenters. The highest BCUT2D eigenvalue weighted by Gasteiger charge is 2.29. The standard InChI is InChI=1S/C20H33NO/c1-4-5-6-7-8-13-22-19-12-10-16-14-18(20(2,3)21)11-9-17(16)15-19/h10,12,15,18H,4-9,11,13-14,21H2,1-3H3/t18-/m0/s1. The summed E-state index contributed by atoms with van der Waals surface area (Å²) in [4.78, 5) is 0. The fourth-order valence-corrected chi connectivity index (χ4v) is 3.35. The molecule has 0 aliphatic heterocycles. The molecule has 2 rings (SSSR count). The van der Waals surface area contributed by atoms with E-state index in [0.29, 0.717) is 5.92 Å². The average Bonchev–Trinajstić information content (AvgIpc) is 2.49. The van der Waals surface area contributed by atoms with Gasteiger partial charge in [0.25, 0.3) is 0 Å². The zero-order valence-electron chi connectivity index (χ0n) is 14.7. The first kappa shape index (κ1) is 17.3. The Bertz CT molecular complexity index is 461. The van der Waals surface area contributed by atoms with Gasteiger partial charge in [-0.05, 0) is 68.7 Å². The molecule has 0 aromatic heterocycles. The molecule has 1 aliphatic carbocycles. The lowest BCUT2D eigenvalue weighted by atomic mass is 9.75. The Kier molecular flexibility index (Phi) is 6.31. The summed E-state index contributed by atoms with van der Waals surface area (Å²) in [5.41, 5.74) is 9.14. The molecule has 0 fully saturated rings. The molecule has 0 radical (unpaired) electrons. The first-order chi connectivity index (χ1) is 10.5. The highest BCUT2D eigenvalue weighted by atomic mass is 16.5. The van der Waals surface area contributed by atoms with Gasteiger partial charge in [0.05, 0.1) is 6.61 Å². The second kappa shape index (κ2) is 8.01. The average molecular weight is 303 g/mol. The van der Waals surface area contributed by atoms with Crippen molar-refractivity contribution in [3.8, 4) is 5.75 Å². The van der Waals surface area contributed by atoms with Crippen molar-refractivity contribution in [3.63, 3.8) is 0 Å². The van der Waals surface area contributed by atoms with Crippen molar-refractivity contribution in [2.45, 2.75) is 77.7 Å². The van der Waals surface area contributed by atoms with Crippen LogP contribution in [0.25, 0.3) is 0 Å². The van der Waals surface area contributed by atoms with Gasteiger partial charge in [0.2, 0.25) is 0 Å². The lowest BCUT2D eigenvalue weighted by Gasteiger charge is -2.34. The summed E-state index contributed by atoms with van der Waals surface area (Å²) < 4.78 is 5.92. The fraction of sp³-hybridized carbons (Fsp3) is 0.700. The van der Waals surface area contributed by atoms with E-state index < -0.39 is 0 Å². The van der Waals surface area contributed by atoms with Crippen molar-refractivity contribution < 1.29 is 4.74 Å². The number of fused-ring (bicyclic) bond motifs is 1. The predicted octanol–water partition coefficient (Wildman–Crippen LogP) is 4.88. The lowest BCUT2D eigenvalue weighted by Crippen LogP contribution is -2.43. The highest BCUT2D eigenvalue weighted by molar-refractivity contribution is 5.37. The molecule has 0 saturated carbocycles. The molecular weight excluding hydrogens is 270 g/mol. The minimum atomic E-state index is -0.0780. The van der Waals surface area contributed by atoms with Crippen LogP contribution in [0.15, 0.2) is 18.2 Å². The van der Waals surface area contributed by atoms with E-state index in [0.717, 1.165) is 25.2 Å². The molecule has 1 aromatic rings. The predicted molar refractivity (Wildman–Crippen MR) is 94.5 cm³/mol. The normalized spacial score (nSPS) is 18.1. The monoisotopic (exact) mass is 303 g/mol. The van der Waals surface area contributed by atoms with Gasteiger partial charge in [-0.25, -0.2) is 0 Å². The van der Waals surface area contributed by atoms with Crippen molar-refractivity contribution in [2.75, 3.05) is 6.61 Å². The quantitative estimate of drug-likeness (QED) is 0.695. The van der Waals surface area contributed by atoms with E-state index in [4.69, 9.17) is 10.5 Å². The van der Waals surface area contributed by atoms with Crippen LogP contribution < -0.4 is 10.5 Å². The number of benzene rings is 1. The Morgan fingerprint density at radius 1 is 1.14 bits per heavy atom. The fourth-order valence-electron chi connectivity index (χ4n) is 3.35. The summed E-state index contributed by atoms with van der Waals surface area (Å²) in [5.74, 6) is 1.63. The molecule has 0 heterocycles. The van der Waals surface area contributed by atoms with Crippen LogP contribution in [0.4, 0.5) is 0 Å². The molecule has 0 saturated heterocycles. The van der Waals surface area contributed by atoms with Crippen LogP contribution in [-0.2, 0) is 12.8 Å². The van der Waals surface area contributed by atoms with Gasteiger partial charge in [-0.1, -0.05) is 38.7 Å². The van der Waals surface area contributed by atoms with E-state index >= 15 is 0 Å². The van der Waals surface area contributed by atoms with Gasteiger partial charge in [-0.15, -0.1) is 0 Å². The first-order valence-corrected chi connectivity index (χ1v) is 9.04. The molecule has 0 amide bonds. The first-order valence-electron chi connectivity index (χ1n) is 9.04. The summed E-state index contributed by atoms with van der Waals surface area (Å²) >= 11 is 0. The van der Waals surface area contributed by atoms with Crippen LogP contribution in [0.2, 0.25) is 0 Å². The second-order valence-corrected chi connectivity index (χ2v) is 7.45. The maximum absolute atomic E-state index is 6.29. The maximum Gasteiger partial charge on any atom is 0.119 e. The van der Waals surface area contributed by atoms with Crippen LogP contribution >= 0.6 is 0 Å². The molecule has 2 N–H and O–H groups in total. The summed E-state index contributed by atoms with van der Waals surface area (Å²) in [6, 6.07) is 6.64. The zero-order chi connectivity index (χ0) is 16.0. The smallest absolute Gasteiger partial charge is 0.119 e. The summed E-state index contributed by atoms with van der Waals surface area (Å²) in [6.45, 7) is 7.40. The lowest BCUT2D eigenvalue weighted by molar-refractivity contribution is 0.285. The third-order valence-electron chi connectivity index (χ3n) is 4.97. The topological polar surface area (TPSA) is 35.2 Å². The van der Waals surface area contributed by atoms with Crippen molar-refractivity contribution >= 4 is 0 Å². The third kappa shape index (κ3) is 5.01. The zero-order valence-corrected chi connectivity index (χ0v) is 14.7. The molecule has 1 aliphatic rings. The Morgan fingerprint density at radius 3 is 2.64 bits per heavy atom. The Labute approximate surface area is 136 Å². The molecule has 2 heteroatoms. The molecule has 0 unspecified atom stereocenters. The van der Waals surface area contributed by atoms with Gasteiger partial charge < -0.3 is 10.5 Å². The Morgan fingerprint density at radius 2 is 1.91 bits per heavy atom. The van der Waals surface area contributed by atoms with Gasteiger partial charge in [0.1, 0.15) is 5.75 Å². The number of hydrogen-bond donors (Lipinski definition) is 1. The van der Waals surface area contributed by atoms with Crippen LogP contribution in [0.1, 0.15) is 70.4 Å². The summed E-state index contributed by atoms with van der Waals surface area (Å²) in [5, 5.41) is 0. The number of unbranched alkanes of at least 4 members (excludes halogenated alkanes) is 4. The van der Waals surface area contributed by atoms with E-state index in [1.165, 1.54) is 49.7 Å². The second-order valence-electron chi connectivity index (χ2n) is 7.45. The van der Waals surface area contributed by atoms with Crippen LogP contribution in [0, 0.1) is 5.92 Å². The number of aryl methyl sites for hydroxylation is 1. The van der Waals surface area contributed by atoms with Crippen molar-refractivity contribution in [1.29, 1.82) is 0 Å². The Hall–Kier alpha value is -1.02. The van der Waals surface area contributed by atoms with Gasteiger partial charge in [0.15, 0.2) is 0 Å². The van der Waals surface area contributed by atoms with Crippen molar-refractivity contribution in [3.05, 3.63) is 29.3 Å². The highest BCUT2D eigenvalue weighted by Crippen LogP contribution is 2.33. The number of rotatable bonds is 8. The van der Waals surface area contributed by atoms with Gasteiger partial charge in [-0.3, -0.25) is 0 Å². The number of hydrogen-bond acceptors (Lipinski definition) is 2. The Balaban J connectivity index is 1.83. The van der Waals surface area contributed by atoms with Crippen LogP contribution in [-0.4, -0.2) is 12.1 Å². The van der Waals surface area contributed by atoms with Crippen molar-refractivity contribution in [2.24, 2.45) is 11.7 Å². The van der Waals surface area contributed by atoms with E-state index in [2.05, 4.69) is 39.0 Å². The van der Waals surface area contributed by atoms with E-state index in [1.54, 1.807) is 0 Å². The minimum Gasteiger partial charge on any atom is -0.494 e.